The first-order valence-electron chi connectivity index (χ1n) is 11.4. The largest absolute Gasteiger partial charge is 0.375 e. The molecule has 4 rings (SSSR count). The fourth-order valence-corrected chi connectivity index (χ4v) is 4.00. The zero-order valence-electron chi connectivity index (χ0n) is 19.7. The number of hydrogen-bond acceptors (Lipinski definition) is 4. The van der Waals surface area contributed by atoms with Crippen molar-refractivity contribution in [1.29, 1.82) is 0 Å². The molecule has 2 aromatic heterocycles. The first-order chi connectivity index (χ1) is 15.6. The number of nitrogens with zero attached hydrogens (tertiary/aromatic N) is 2. The minimum Gasteiger partial charge on any atom is -0.375 e. The normalized spacial score (nSPS) is 13.8. The van der Waals surface area contributed by atoms with E-state index < -0.39 is 0 Å². The lowest BCUT2D eigenvalue weighted by molar-refractivity contribution is 0.0976. The van der Waals surface area contributed by atoms with E-state index in [1.807, 2.05) is 64.1 Å². The quantitative estimate of drug-likeness (QED) is 0.486. The predicted octanol–water partition coefficient (Wildman–Crippen LogP) is 6.46. The van der Waals surface area contributed by atoms with Crippen molar-refractivity contribution in [2.75, 3.05) is 12.4 Å². The van der Waals surface area contributed by atoms with Crippen LogP contribution in [0.3, 0.4) is 0 Å². The number of rotatable bonds is 6. The summed E-state index contributed by atoms with van der Waals surface area (Å²) in [6, 6.07) is 13.7. The van der Waals surface area contributed by atoms with Gasteiger partial charge in [0.2, 0.25) is 0 Å². The van der Waals surface area contributed by atoms with Crippen LogP contribution in [0.15, 0.2) is 71.2 Å². The highest BCUT2D eigenvalue weighted by atomic mass is 16.5. The van der Waals surface area contributed by atoms with Gasteiger partial charge < -0.3 is 10.1 Å². The lowest BCUT2D eigenvalue weighted by Gasteiger charge is -2.22. The third-order valence-electron chi connectivity index (χ3n) is 5.39. The maximum Gasteiger partial charge on any atom is 0.193 e. The molecule has 0 amide bonds. The van der Waals surface area contributed by atoms with Gasteiger partial charge in [-0.15, -0.1) is 0 Å². The lowest BCUT2D eigenvalue weighted by atomic mass is 10.1. The summed E-state index contributed by atoms with van der Waals surface area (Å²) >= 11 is 0. The molecule has 0 aliphatic heterocycles. The summed E-state index contributed by atoms with van der Waals surface area (Å²) in [4.78, 5) is 18.0. The maximum absolute atomic E-state index is 13.3. The molecule has 0 bridgehead atoms. The van der Waals surface area contributed by atoms with E-state index in [0.717, 1.165) is 47.7 Å². The number of aryl methyl sites for hydroxylation is 1. The van der Waals surface area contributed by atoms with E-state index in [1.54, 1.807) is 13.2 Å². The molecule has 168 valence electrons. The van der Waals surface area contributed by atoms with Gasteiger partial charge >= 0.3 is 0 Å². The van der Waals surface area contributed by atoms with Crippen LogP contribution in [0.5, 0.6) is 0 Å². The minimum absolute atomic E-state index is 0.0573. The Hall–Kier alpha value is -3.18. The Labute approximate surface area is 190 Å². The average molecular weight is 432 g/mol. The predicted molar refractivity (Wildman–Crippen MR) is 134 cm³/mol. The van der Waals surface area contributed by atoms with Crippen LogP contribution in [0.2, 0.25) is 0 Å². The summed E-state index contributed by atoms with van der Waals surface area (Å²) in [6.07, 6.45) is 8.90. The lowest BCUT2D eigenvalue weighted by Crippen LogP contribution is -2.18. The summed E-state index contributed by atoms with van der Waals surface area (Å²) in [5.41, 5.74) is 4.30. The second kappa shape index (κ2) is 10.9. The van der Waals surface area contributed by atoms with Crippen LogP contribution >= 0.6 is 0 Å². The zero-order chi connectivity index (χ0) is 23.1. The molecule has 2 heterocycles. The molecule has 0 spiro atoms. The molecule has 1 atom stereocenters. The maximum atomic E-state index is 13.3. The smallest absolute Gasteiger partial charge is 0.193 e. The highest BCUT2D eigenvalue weighted by Crippen LogP contribution is 2.30. The molecule has 0 radical (unpaired) electrons. The van der Waals surface area contributed by atoms with Crippen LogP contribution in [0.25, 0.3) is 16.6 Å². The Morgan fingerprint density at radius 1 is 1.16 bits per heavy atom. The highest BCUT2D eigenvalue weighted by molar-refractivity contribution is 5.86. The number of fused-ring (bicyclic) bond motifs is 1. The van der Waals surface area contributed by atoms with Gasteiger partial charge in [0.05, 0.1) is 22.7 Å². The van der Waals surface area contributed by atoms with Crippen LogP contribution in [-0.4, -0.2) is 16.7 Å². The molecule has 5 heteroatoms. The van der Waals surface area contributed by atoms with Gasteiger partial charge in [-0.1, -0.05) is 51.1 Å². The first-order valence-corrected chi connectivity index (χ1v) is 11.4. The topological polar surface area (TPSA) is 56.1 Å². The fourth-order valence-electron chi connectivity index (χ4n) is 4.00. The van der Waals surface area contributed by atoms with Gasteiger partial charge in [-0.05, 0) is 50.5 Å². The monoisotopic (exact) mass is 431 g/mol. The summed E-state index contributed by atoms with van der Waals surface area (Å²) in [6.45, 7) is 8.00. The molecule has 5 nitrogen and oxygen atoms in total. The average Bonchev–Trinajstić information content (AvgIpc) is 2.82. The third-order valence-corrected chi connectivity index (χ3v) is 5.39. The molecule has 0 fully saturated rings. The third kappa shape index (κ3) is 4.83. The summed E-state index contributed by atoms with van der Waals surface area (Å²) < 4.78 is 7.75. The number of anilines is 1. The fraction of sp³-hybridized carbons (Fsp3) is 0.333. The number of benzene rings is 1. The molecule has 0 saturated heterocycles. The standard InChI is InChI=1S/C25H27N3O2.C2H6/c1-4-22(30-3)25-24-20(15-17(2)26-25)28(19-13-9-6-10-14-19)23(16-21(24)29)27-18-11-7-5-8-12-18;1-2/h6-7,9-16,22,27H,4-5,8H2,1-3H3;1-2H3. The van der Waals surface area contributed by atoms with Gasteiger partial charge in [0, 0.05) is 30.3 Å². The second-order valence-electron chi connectivity index (χ2n) is 7.50. The van der Waals surface area contributed by atoms with Gasteiger partial charge in [0.15, 0.2) is 5.43 Å². The van der Waals surface area contributed by atoms with Crippen molar-refractivity contribution in [2.24, 2.45) is 0 Å². The van der Waals surface area contributed by atoms with Crippen LogP contribution < -0.4 is 10.7 Å². The Kier molecular flexibility index (Phi) is 8.01. The van der Waals surface area contributed by atoms with Gasteiger partial charge in [0.25, 0.3) is 0 Å². The van der Waals surface area contributed by atoms with Crippen LogP contribution in [0, 0.1) is 6.92 Å². The Morgan fingerprint density at radius 3 is 2.53 bits per heavy atom. The van der Waals surface area contributed by atoms with E-state index in [2.05, 4.69) is 28.1 Å². The number of hydrogen-bond donors (Lipinski definition) is 1. The van der Waals surface area contributed by atoms with Crippen LogP contribution in [0.1, 0.15) is 57.5 Å². The summed E-state index contributed by atoms with van der Waals surface area (Å²) in [5.74, 6) is 0.735. The molecular weight excluding hydrogens is 398 g/mol. The highest BCUT2D eigenvalue weighted by Gasteiger charge is 2.21. The van der Waals surface area contributed by atoms with E-state index in [1.165, 1.54) is 0 Å². The van der Waals surface area contributed by atoms with Crippen molar-refractivity contribution in [3.8, 4) is 5.69 Å². The van der Waals surface area contributed by atoms with Gasteiger partial charge in [-0.2, -0.15) is 0 Å². The van der Waals surface area contributed by atoms with Crippen LogP contribution in [0.4, 0.5) is 5.82 Å². The Balaban J connectivity index is 0.00000141. The molecule has 1 N–H and O–H groups in total. The number of ether oxygens (including phenoxy) is 1. The van der Waals surface area contributed by atoms with E-state index in [-0.39, 0.29) is 11.5 Å². The molecular formula is C27H33N3O2. The van der Waals surface area contributed by atoms with Crippen molar-refractivity contribution >= 4 is 16.7 Å². The van der Waals surface area contributed by atoms with Gasteiger partial charge in [-0.3, -0.25) is 14.3 Å². The molecule has 1 aromatic carbocycles. The first kappa shape index (κ1) is 23.5. The van der Waals surface area contributed by atoms with Gasteiger partial charge in [-0.25, -0.2) is 0 Å². The molecule has 0 saturated carbocycles. The molecule has 1 unspecified atom stereocenters. The van der Waals surface area contributed by atoms with Crippen molar-refractivity contribution in [3.63, 3.8) is 0 Å². The van der Waals surface area contributed by atoms with Crippen LogP contribution in [-0.2, 0) is 4.74 Å². The van der Waals surface area contributed by atoms with E-state index in [9.17, 15) is 4.79 Å². The van der Waals surface area contributed by atoms with Crippen molar-refractivity contribution in [3.05, 3.63) is 88.0 Å². The van der Waals surface area contributed by atoms with Gasteiger partial charge in [0.1, 0.15) is 5.82 Å². The number of aromatic nitrogens is 2. The SMILES string of the molecule is CC.CCC(OC)c1nc(C)cc2c1c(=O)cc(NC1=CCCC=C1)n2-c1ccccc1. The second-order valence-corrected chi connectivity index (χ2v) is 7.50. The van der Waals surface area contributed by atoms with E-state index in [0.29, 0.717) is 11.1 Å². The molecule has 1 aliphatic rings. The number of nitrogens with one attached hydrogen (secondary N) is 1. The van der Waals surface area contributed by atoms with Crippen molar-refractivity contribution in [1.82, 2.24) is 9.55 Å². The number of pyridine rings is 2. The number of allylic oxidation sites excluding steroid dienone is 3. The molecule has 3 aromatic rings. The molecule has 32 heavy (non-hydrogen) atoms. The minimum atomic E-state index is -0.230. The Bertz CT molecular complexity index is 1170. The summed E-state index contributed by atoms with van der Waals surface area (Å²) in [5, 5.41) is 4.07. The zero-order valence-corrected chi connectivity index (χ0v) is 19.7. The van der Waals surface area contributed by atoms with E-state index in [4.69, 9.17) is 9.72 Å². The van der Waals surface area contributed by atoms with Crippen molar-refractivity contribution < 1.29 is 4.74 Å². The summed E-state index contributed by atoms with van der Waals surface area (Å²) in [7, 11) is 1.66. The molecule has 1 aliphatic carbocycles. The number of para-hydroxylation sites is 1. The Morgan fingerprint density at radius 2 is 1.91 bits per heavy atom. The van der Waals surface area contributed by atoms with E-state index >= 15 is 0 Å². The number of methoxy groups -OCH3 is 1. The van der Waals surface area contributed by atoms with Crippen molar-refractivity contribution in [2.45, 2.75) is 53.1 Å².